The number of nitrogens with zero attached hydrogens (tertiary/aromatic N) is 2. The van der Waals surface area contributed by atoms with Crippen LogP contribution in [0.1, 0.15) is 67.5 Å². The van der Waals surface area contributed by atoms with Crippen molar-refractivity contribution in [3.63, 3.8) is 0 Å². The van der Waals surface area contributed by atoms with Crippen LogP contribution in [0.3, 0.4) is 0 Å². The van der Waals surface area contributed by atoms with Gasteiger partial charge in [0.2, 0.25) is 0 Å². The summed E-state index contributed by atoms with van der Waals surface area (Å²) in [6.07, 6.45) is 1.57. The number of aryl methyl sites for hydroxylation is 1. The average molecular weight is 302 g/mol. The minimum atomic E-state index is 0.0325. The number of rotatable bonds is 2. The zero-order valence-corrected chi connectivity index (χ0v) is 14.2. The van der Waals surface area contributed by atoms with E-state index in [0.29, 0.717) is 12.3 Å². The Hall–Kier alpha value is -1.42. The molecule has 0 spiro atoms. The fourth-order valence-corrected chi connectivity index (χ4v) is 4.13. The molecule has 0 N–H and O–H groups in total. The van der Waals surface area contributed by atoms with Crippen molar-refractivity contribution in [2.24, 2.45) is 5.41 Å². The fraction of sp³-hybridized carbons (Fsp3) is 0.529. The van der Waals surface area contributed by atoms with Crippen LogP contribution in [-0.4, -0.2) is 15.3 Å². The number of carbonyl (C=O) groups excluding carboxylic acids is 1. The van der Waals surface area contributed by atoms with Crippen molar-refractivity contribution in [2.75, 3.05) is 0 Å². The van der Waals surface area contributed by atoms with Gasteiger partial charge in [-0.1, -0.05) is 27.7 Å². The maximum absolute atomic E-state index is 12.4. The molecule has 4 heteroatoms. The van der Waals surface area contributed by atoms with Gasteiger partial charge in [-0.2, -0.15) is 0 Å². The first-order chi connectivity index (χ1) is 9.78. The molecule has 3 nitrogen and oxygen atoms in total. The van der Waals surface area contributed by atoms with Crippen LogP contribution in [0.2, 0.25) is 0 Å². The van der Waals surface area contributed by atoms with E-state index >= 15 is 0 Å². The first kappa shape index (κ1) is 14.5. The Kier molecular flexibility index (Phi) is 3.32. The smallest absolute Gasteiger partial charge is 0.194 e. The maximum Gasteiger partial charge on any atom is 0.194 e. The van der Waals surface area contributed by atoms with Gasteiger partial charge in [0.1, 0.15) is 0 Å². The summed E-state index contributed by atoms with van der Waals surface area (Å²) in [5.74, 6) is 0.698. The number of ketones is 1. The quantitative estimate of drug-likeness (QED) is 0.817. The van der Waals surface area contributed by atoms with E-state index in [-0.39, 0.29) is 11.2 Å². The molecule has 3 rings (SSSR count). The number of aromatic nitrogens is 2. The molecule has 0 saturated carbocycles. The van der Waals surface area contributed by atoms with E-state index in [2.05, 4.69) is 44.6 Å². The van der Waals surface area contributed by atoms with Gasteiger partial charge in [0, 0.05) is 28.8 Å². The number of fused-ring (bicyclic) bond motifs is 1. The van der Waals surface area contributed by atoms with Crippen LogP contribution in [0.15, 0.2) is 11.4 Å². The number of thiazole rings is 1. The lowest BCUT2D eigenvalue weighted by Gasteiger charge is -2.29. The van der Waals surface area contributed by atoms with Gasteiger partial charge in [0.15, 0.2) is 10.9 Å². The summed E-state index contributed by atoms with van der Waals surface area (Å²) in [6.45, 7) is 10.7. The van der Waals surface area contributed by atoms with Gasteiger partial charge in [0.25, 0.3) is 0 Å². The highest BCUT2D eigenvalue weighted by atomic mass is 32.1. The highest BCUT2D eigenvalue weighted by Crippen LogP contribution is 2.38. The van der Waals surface area contributed by atoms with Crippen molar-refractivity contribution in [2.45, 2.75) is 53.4 Å². The third-order valence-electron chi connectivity index (χ3n) is 4.16. The van der Waals surface area contributed by atoms with E-state index in [1.54, 1.807) is 11.3 Å². The SMILES string of the molecule is Cc1cc2c(n1-c1nc(C(C)C)cs1)CC(C)(C)CC2=O. The Morgan fingerprint density at radius 2 is 2.05 bits per heavy atom. The highest BCUT2D eigenvalue weighted by Gasteiger charge is 2.34. The lowest BCUT2D eigenvalue weighted by atomic mass is 9.76. The van der Waals surface area contributed by atoms with Gasteiger partial charge in [-0.15, -0.1) is 11.3 Å². The van der Waals surface area contributed by atoms with Crippen LogP contribution in [-0.2, 0) is 6.42 Å². The van der Waals surface area contributed by atoms with Gasteiger partial charge in [-0.05, 0) is 30.7 Å². The van der Waals surface area contributed by atoms with E-state index in [4.69, 9.17) is 4.98 Å². The molecule has 21 heavy (non-hydrogen) atoms. The summed E-state index contributed by atoms with van der Waals surface area (Å²) >= 11 is 1.66. The Bertz CT molecular complexity index is 706. The number of hydrogen-bond donors (Lipinski definition) is 0. The zero-order chi connectivity index (χ0) is 15.4. The van der Waals surface area contributed by atoms with Crippen LogP contribution in [0.4, 0.5) is 0 Å². The lowest BCUT2D eigenvalue weighted by Crippen LogP contribution is -2.27. The first-order valence-electron chi connectivity index (χ1n) is 7.49. The summed E-state index contributed by atoms with van der Waals surface area (Å²) in [7, 11) is 0. The second-order valence-corrected chi connectivity index (χ2v) is 7.97. The summed E-state index contributed by atoms with van der Waals surface area (Å²) < 4.78 is 2.19. The topological polar surface area (TPSA) is 34.9 Å². The largest absolute Gasteiger partial charge is 0.294 e. The molecule has 0 atom stereocenters. The molecule has 0 radical (unpaired) electrons. The Balaban J connectivity index is 2.13. The van der Waals surface area contributed by atoms with Gasteiger partial charge < -0.3 is 0 Å². The molecule has 2 heterocycles. The molecule has 0 bridgehead atoms. The van der Waals surface area contributed by atoms with Crippen LogP contribution in [0.5, 0.6) is 0 Å². The molecule has 0 saturated heterocycles. The zero-order valence-electron chi connectivity index (χ0n) is 13.4. The Labute approximate surface area is 130 Å². The third-order valence-corrected chi connectivity index (χ3v) is 5.01. The van der Waals surface area contributed by atoms with Gasteiger partial charge in [0.05, 0.1) is 5.69 Å². The molecular weight excluding hydrogens is 280 g/mol. The molecule has 0 aromatic carbocycles. The second-order valence-electron chi connectivity index (χ2n) is 7.13. The van der Waals surface area contributed by atoms with Gasteiger partial charge >= 0.3 is 0 Å². The molecular formula is C17H22N2OS. The number of carbonyl (C=O) groups is 1. The second kappa shape index (κ2) is 4.80. The third kappa shape index (κ3) is 2.46. The van der Waals surface area contributed by atoms with Crippen LogP contribution < -0.4 is 0 Å². The Morgan fingerprint density at radius 1 is 1.33 bits per heavy atom. The van der Waals surface area contributed by atoms with Crippen molar-refractivity contribution >= 4 is 17.1 Å². The Morgan fingerprint density at radius 3 is 2.67 bits per heavy atom. The molecule has 0 unspecified atom stereocenters. The normalized spacial score (nSPS) is 17.3. The molecule has 1 aliphatic carbocycles. The van der Waals surface area contributed by atoms with Crippen molar-refractivity contribution < 1.29 is 4.79 Å². The number of Topliss-reactive ketones (excluding diaryl/α,β-unsaturated/α-hetero) is 1. The maximum atomic E-state index is 12.4. The van der Waals surface area contributed by atoms with E-state index in [9.17, 15) is 4.79 Å². The predicted octanol–water partition coefficient (Wildman–Crippen LogP) is 4.52. The van der Waals surface area contributed by atoms with E-state index < -0.39 is 0 Å². The molecule has 2 aromatic rings. The molecule has 1 aliphatic rings. The average Bonchev–Trinajstić information content (AvgIpc) is 2.92. The van der Waals surface area contributed by atoms with E-state index in [0.717, 1.165) is 34.2 Å². The molecule has 0 amide bonds. The standard InChI is InChI=1S/C17H22N2OS/c1-10(2)13-9-21-16(18-13)19-11(3)6-12-14(19)7-17(4,5)8-15(12)20/h6,9-10H,7-8H2,1-5H3. The van der Waals surface area contributed by atoms with Crippen LogP contribution >= 0.6 is 11.3 Å². The predicted molar refractivity (Wildman–Crippen MR) is 86.7 cm³/mol. The summed E-state index contributed by atoms with van der Waals surface area (Å²) in [4.78, 5) is 17.1. The minimum absolute atomic E-state index is 0.0325. The van der Waals surface area contributed by atoms with Gasteiger partial charge in [-0.25, -0.2) is 4.98 Å². The molecule has 112 valence electrons. The van der Waals surface area contributed by atoms with Crippen molar-refractivity contribution in [1.29, 1.82) is 0 Å². The van der Waals surface area contributed by atoms with Crippen molar-refractivity contribution in [3.8, 4) is 5.13 Å². The van der Waals surface area contributed by atoms with Gasteiger partial charge in [-0.3, -0.25) is 9.36 Å². The molecule has 0 aliphatic heterocycles. The van der Waals surface area contributed by atoms with E-state index in [1.165, 1.54) is 0 Å². The first-order valence-corrected chi connectivity index (χ1v) is 8.37. The molecule has 2 aromatic heterocycles. The van der Waals surface area contributed by atoms with E-state index in [1.807, 2.05) is 6.07 Å². The fourth-order valence-electron chi connectivity index (χ4n) is 3.06. The summed E-state index contributed by atoms with van der Waals surface area (Å²) in [5, 5.41) is 3.12. The highest BCUT2D eigenvalue weighted by molar-refractivity contribution is 7.12. The monoisotopic (exact) mass is 302 g/mol. The summed E-state index contributed by atoms with van der Waals surface area (Å²) in [6, 6.07) is 2.03. The van der Waals surface area contributed by atoms with Crippen molar-refractivity contribution in [3.05, 3.63) is 34.1 Å². The number of hydrogen-bond acceptors (Lipinski definition) is 3. The van der Waals surface area contributed by atoms with Crippen LogP contribution in [0.25, 0.3) is 5.13 Å². The molecule has 0 fully saturated rings. The van der Waals surface area contributed by atoms with Crippen molar-refractivity contribution in [1.82, 2.24) is 9.55 Å². The minimum Gasteiger partial charge on any atom is -0.294 e. The lowest BCUT2D eigenvalue weighted by molar-refractivity contribution is 0.0911. The summed E-state index contributed by atoms with van der Waals surface area (Å²) in [5.41, 5.74) is 4.30. The van der Waals surface area contributed by atoms with Crippen LogP contribution in [0, 0.1) is 12.3 Å².